The number of halogens is 1. The molecule has 134 valence electrons. The molecule has 0 aromatic heterocycles. The number of rotatable bonds is 6. The van der Waals surface area contributed by atoms with Crippen molar-refractivity contribution < 1.29 is 17.9 Å². The minimum absolute atomic E-state index is 0.0516. The maximum Gasteiger partial charge on any atom is 0.244 e. The zero-order chi connectivity index (χ0) is 17.6. The summed E-state index contributed by atoms with van der Waals surface area (Å²) in [7, 11) is -2.08. The van der Waals surface area contributed by atoms with Gasteiger partial charge in [-0.2, -0.15) is 4.31 Å². The van der Waals surface area contributed by atoms with Crippen molar-refractivity contribution in [1.29, 1.82) is 0 Å². The lowest BCUT2D eigenvalue weighted by atomic mass is 10.3. The van der Waals surface area contributed by atoms with Gasteiger partial charge in [0.1, 0.15) is 4.90 Å². The lowest BCUT2D eigenvalue weighted by Crippen LogP contribution is -2.40. The number of nitrogens with one attached hydrogen (secondary N) is 2. The smallest absolute Gasteiger partial charge is 0.244 e. The van der Waals surface area contributed by atoms with E-state index < -0.39 is 10.0 Å². The molecule has 1 aliphatic rings. The summed E-state index contributed by atoms with van der Waals surface area (Å²) < 4.78 is 37.0. The molecule has 0 aliphatic carbocycles. The van der Waals surface area contributed by atoms with Gasteiger partial charge in [-0.15, -0.1) is 0 Å². The fraction of sp³-hybridized carbons (Fsp3) is 0.500. The fourth-order valence-electron chi connectivity index (χ4n) is 2.15. The van der Waals surface area contributed by atoms with Crippen molar-refractivity contribution in [2.45, 2.75) is 4.90 Å². The number of nitrogens with zero attached hydrogens (tertiary/aromatic N) is 1. The average Bonchev–Trinajstić information content (AvgIpc) is 2.57. The number of thiocarbonyl (C=S) groups is 1. The van der Waals surface area contributed by atoms with Crippen LogP contribution < -0.4 is 10.6 Å². The molecular weight excluding hydrogens is 374 g/mol. The SMILES string of the molecule is COCCNC(=S)Nc1ccc(Cl)c(S(=O)(=O)N2CCOCC2)c1. The van der Waals surface area contributed by atoms with E-state index in [0.717, 1.165) is 0 Å². The molecule has 0 amide bonds. The van der Waals surface area contributed by atoms with E-state index in [9.17, 15) is 8.42 Å². The second kappa shape index (κ2) is 8.93. The number of hydrogen-bond acceptors (Lipinski definition) is 5. The maximum absolute atomic E-state index is 12.8. The zero-order valence-electron chi connectivity index (χ0n) is 13.2. The molecule has 24 heavy (non-hydrogen) atoms. The monoisotopic (exact) mass is 393 g/mol. The summed E-state index contributed by atoms with van der Waals surface area (Å²) >= 11 is 11.3. The number of anilines is 1. The molecule has 0 radical (unpaired) electrons. The molecule has 2 N–H and O–H groups in total. The number of methoxy groups -OCH3 is 1. The van der Waals surface area contributed by atoms with Crippen LogP contribution in [0.25, 0.3) is 0 Å². The van der Waals surface area contributed by atoms with Gasteiger partial charge in [-0.3, -0.25) is 0 Å². The lowest BCUT2D eigenvalue weighted by Gasteiger charge is -2.26. The number of ether oxygens (including phenoxy) is 2. The Labute approximate surface area is 152 Å². The Morgan fingerprint density at radius 1 is 1.42 bits per heavy atom. The first-order valence-corrected chi connectivity index (χ1v) is 9.59. The van der Waals surface area contributed by atoms with Gasteiger partial charge >= 0.3 is 0 Å². The number of sulfonamides is 1. The normalized spacial score (nSPS) is 15.9. The summed E-state index contributed by atoms with van der Waals surface area (Å²) in [5.41, 5.74) is 0.543. The van der Waals surface area contributed by atoms with Crippen LogP contribution in [0.15, 0.2) is 23.1 Å². The predicted molar refractivity (Wildman–Crippen MR) is 97.1 cm³/mol. The Kier molecular flexibility index (Phi) is 7.20. The number of benzene rings is 1. The van der Waals surface area contributed by atoms with Gasteiger partial charge in [0.2, 0.25) is 10.0 Å². The molecular formula is C14H20ClN3O4S2. The molecule has 1 aromatic rings. The van der Waals surface area contributed by atoms with E-state index in [-0.39, 0.29) is 9.92 Å². The van der Waals surface area contributed by atoms with Gasteiger partial charge in [0.15, 0.2) is 5.11 Å². The van der Waals surface area contributed by atoms with Crippen LogP contribution in [0, 0.1) is 0 Å². The molecule has 0 spiro atoms. The van der Waals surface area contributed by atoms with Crippen LogP contribution in [0.5, 0.6) is 0 Å². The predicted octanol–water partition coefficient (Wildman–Crippen LogP) is 1.29. The Balaban J connectivity index is 2.14. The molecule has 0 saturated carbocycles. The first kappa shape index (κ1) is 19.4. The minimum Gasteiger partial charge on any atom is -0.383 e. The highest BCUT2D eigenvalue weighted by Crippen LogP contribution is 2.28. The molecule has 1 fully saturated rings. The minimum atomic E-state index is -3.67. The van der Waals surface area contributed by atoms with Gasteiger partial charge in [-0.05, 0) is 30.4 Å². The molecule has 1 saturated heterocycles. The van der Waals surface area contributed by atoms with Crippen LogP contribution in [0.3, 0.4) is 0 Å². The quantitative estimate of drug-likeness (QED) is 0.557. The molecule has 7 nitrogen and oxygen atoms in total. The van der Waals surface area contributed by atoms with Crippen LogP contribution in [-0.4, -0.2) is 64.4 Å². The summed E-state index contributed by atoms with van der Waals surface area (Å²) in [5.74, 6) is 0. The summed E-state index contributed by atoms with van der Waals surface area (Å²) in [6.45, 7) is 2.44. The van der Waals surface area contributed by atoms with Crippen molar-refractivity contribution in [3.05, 3.63) is 23.2 Å². The molecule has 0 atom stereocenters. The molecule has 1 aliphatic heterocycles. The summed E-state index contributed by atoms with van der Waals surface area (Å²) in [4.78, 5) is 0.0516. The number of morpholine rings is 1. The van der Waals surface area contributed by atoms with E-state index in [2.05, 4.69) is 10.6 Å². The van der Waals surface area contributed by atoms with Crippen LogP contribution in [0.2, 0.25) is 5.02 Å². The molecule has 0 unspecified atom stereocenters. The van der Waals surface area contributed by atoms with Gasteiger partial charge in [-0.25, -0.2) is 8.42 Å². The summed E-state index contributed by atoms with van der Waals surface area (Å²) in [6.07, 6.45) is 0. The van der Waals surface area contributed by atoms with Gasteiger partial charge in [0, 0.05) is 32.4 Å². The first-order valence-electron chi connectivity index (χ1n) is 7.36. The third-order valence-corrected chi connectivity index (χ3v) is 6.00. The largest absolute Gasteiger partial charge is 0.383 e. The highest BCUT2D eigenvalue weighted by atomic mass is 35.5. The van der Waals surface area contributed by atoms with E-state index in [1.807, 2.05) is 0 Å². The maximum atomic E-state index is 12.8. The third-order valence-electron chi connectivity index (χ3n) is 3.37. The van der Waals surface area contributed by atoms with Gasteiger partial charge in [0.05, 0.1) is 24.8 Å². The molecule has 10 heteroatoms. The molecule has 0 bridgehead atoms. The second-order valence-corrected chi connectivity index (χ2v) is 7.76. The Bertz CT molecular complexity index is 679. The van der Waals surface area contributed by atoms with Crippen molar-refractivity contribution in [3.63, 3.8) is 0 Å². The van der Waals surface area contributed by atoms with Crippen molar-refractivity contribution in [2.24, 2.45) is 0 Å². The lowest BCUT2D eigenvalue weighted by molar-refractivity contribution is 0.0730. The first-order chi connectivity index (χ1) is 11.4. The van der Waals surface area contributed by atoms with E-state index in [0.29, 0.717) is 50.3 Å². The van der Waals surface area contributed by atoms with E-state index >= 15 is 0 Å². The Hall–Kier alpha value is -0.970. The third kappa shape index (κ3) is 5.01. The number of hydrogen-bond donors (Lipinski definition) is 2. The summed E-state index contributed by atoms with van der Waals surface area (Å²) in [6, 6.07) is 4.69. The standard InChI is InChI=1S/C14H20ClN3O4S2/c1-21-7-4-16-14(23)17-11-2-3-12(15)13(10-11)24(19,20)18-5-8-22-9-6-18/h2-3,10H,4-9H2,1H3,(H2,16,17,23). The van der Waals surface area contributed by atoms with Crippen molar-refractivity contribution in [3.8, 4) is 0 Å². The van der Waals surface area contributed by atoms with Gasteiger partial charge in [0.25, 0.3) is 0 Å². The van der Waals surface area contributed by atoms with Gasteiger partial charge in [-0.1, -0.05) is 11.6 Å². The summed E-state index contributed by atoms with van der Waals surface area (Å²) in [5, 5.41) is 6.45. The van der Waals surface area contributed by atoms with Crippen LogP contribution in [0.1, 0.15) is 0 Å². The zero-order valence-corrected chi connectivity index (χ0v) is 15.6. The Morgan fingerprint density at radius 2 is 2.12 bits per heavy atom. The highest BCUT2D eigenvalue weighted by molar-refractivity contribution is 7.89. The molecule has 2 rings (SSSR count). The van der Waals surface area contributed by atoms with Crippen molar-refractivity contribution >= 4 is 44.6 Å². The van der Waals surface area contributed by atoms with Crippen molar-refractivity contribution in [1.82, 2.24) is 9.62 Å². The van der Waals surface area contributed by atoms with Crippen molar-refractivity contribution in [2.75, 3.05) is 51.9 Å². The van der Waals surface area contributed by atoms with Crippen LogP contribution in [0.4, 0.5) is 5.69 Å². The molecule has 1 heterocycles. The fourth-order valence-corrected chi connectivity index (χ4v) is 4.28. The average molecular weight is 394 g/mol. The van der Waals surface area contributed by atoms with E-state index in [4.69, 9.17) is 33.3 Å². The van der Waals surface area contributed by atoms with E-state index in [1.54, 1.807) is 13.2 Å². The van der Waals surface area contributed by atoms with Gasteiger partial charge < -0.3 is 20.1 Å². The topological polar surface area (TPSA) is 79.9 Å². The second-order valence-electron chi connectivity index (χ2n) is 5.04. The van der Waals surface area contributed by atoms with E-state index in [1.165, 1.54) is 16.4 Å². The van der Waals surface area contributed by atoms with Crippen LogP contribution >= 0.6 is 23.8 Å². The Morgan fingerprint density at radius 3 is 2.79 bits per heavy atom. The van der Waals surface area contributed by atoms with Crippen LogP contribution in [-0.2, 0) is 19.5 Å². The molecule has 1 aromatic carbocycles. The highest BCUT2D eigenvalue weighted by Gasteiger charge is 2.28.